The van der Waals surface area contributed by atoms with Gasteiger partial charge in [0.15, 0.2) is 5.13 Å². The minimum Gasteiger partial charge on any atom is -0.331 e. The molecule has 0 saturated carbocycles. The fourth-order valence-electron chi connectivity index (χ4n) is 1.51. The van der Waals surface area contributed by atoms with Crippen molar-refractivity contribution in [2.45, 2.75) is 26.2 Å². The minimum atomic E-state index is 0.961. The van der Waals surface area contributed by atoms with Crippen molar-refractivity contribution in [2.24, 2.45) is 0 Å². The van der Waals surface area contributed by atoms with Crippen LogP contribution >= 0.6 is 27.3 Å². The van der Waals surface area contributed by atoms with Gasteiger partial charge in [-0.05, 0) is 40.9 Å². The number of halogens is 1. The summed E-state index contributed by atoms with van der Waals surface area (Å²) in [4.78, 5) is 4.57. The highest BCUT2D eigenvalue weighted by Crippen LogP contribution is 2.27. The van der Waals surface area contributed by atoms with Gasteiger partial charge >= 0.3 is 0 Å². The summed E-state index contributed by atoms with van der Waals surface area (Å²) in [6.07, 6.45) is 3.49. The fourth-order valence-corrected chi connectivity index (χ4v) is 2.66. The Labute approximate surface area is 114 Å². The van der Waals surface area contributed by atoms with Crippen LogP contribution in [0.3, 0.4) is 0 Å². The Bertz CT molecular complexity index is 482. The van der Waals surface area contributed by atoms with Gasteiger partial charge < -0.3 is 5.32 Å². The lowest BCUT2D eigenvalue weighted by atomic mass is 10.2. The second-order valence-electron chi connectivity index (χ2n) is 3.85. The molecule has 17 heavy (non-hydrogen) atoms. The van der Waals surface area contributed by atoms with Crippen LogP contribution in [0.25, 0.3) is 0 Å². The molecule has 4 heteroatoms. The molecule has 0 aliphatic rings. The smallest absolute Gasteiger partial charge is 0.187 e. The molecular formula is C13H15BrN2S. The van der Waals surface area contributed by atoms with Gasteiger partial charge in [-0.1, -0.05) is 25.5 Å². The van der Waals surface area contributed by atoms with Crippen LogP contribution in [0.1, 0.15) is 25.5 Å². The first-order chi connectivity index (χ1) is 8.29. The standard InChI is InChI=1S/C13H15BrN2S/c1-2-3-6-10-9-17-13(15-10)16-12-8-5-4-7-11(12)14/h4-5,7-9H,2-3,6H2,1H3,(H,15,16). The molecular weight excluding hydrogens is 296 g/mol. The van der Waals surface area contributed by atoms with Crippen molar-refractivity contribution in [3.05, 3.63) is 39.8 Å². The maximum Gasteiger partial charge on any atom is 0.187 e. The number of unbranched alkanes of at least 4 members (excludes halogenated alkanes) is 1. The number of aromatic nitrogens is 1. The largest absolute Gasteiger partial charge is 0.331 e. The molecule has 2 rings (SSSR count). The summed E-state index contributed by atoms with van der Waals surface area (Å²) < 4.78 is 1.06. The number of benzene rings is 1. The van der Waals surface area contributed by atoms with E-state index >= 15 is 0 Å². The van der Waals surface area contributed by atoms with E-state index in [1.54, 1.807) is 11.3 Å². The molecule has 1 aromatic heterocycles. The Morgan fingerprint density at radius 3 is 2.94 bits per heavy atom. The number of nitrogens with one attached hydrogen (secondary N) is 1. The summed E-state index contributed by atoms with van der Waals surface area (Å²) in [7, 11) is 0. The molecule has 1 N–H and O–H groups in total. The molecule has 0 aliphatic heterocycles. The summed E-state index contributed by atoms with van der Waals surface area (Å²) in [6.45, 7) is 2.20. The Balaban J connectivity index is 2.04. The molecule has 0 aliphatic carbocycles. The van der Waals surface area contributed by atoms with Crippen molar-refractivity contribution in [3.63, 3.8) is 0 Å². The molecule has 0 spiro atoms. The van der Waals surface area contributed by atoms with Gasteiger partial charge in [0.1, 0.15) is 0 Å². The summed E-state index contributed by atoms with van der Waals surface area (Å²) in [6, 6.07) is 8.08. The van der Waals surface area contributed by atoms with Crippen molar-refractivity contribution in [3.8, 4) is 0 Å². The molecule has 0 saturated heterocycles. The van der Waals surface area contributed by atoms with E-state index < -0.39 is 0 Å². The van der Waals surface area contributed by atoms with Gasteiger partial charge in [0, 0.05) is 9.85 Å². The van der Waals surface area contributed by atoms with E-state index in [2.05, 4.69) is 38.5 Å². The summed E-state index contributed by atoms with van der Waals surface area (Å²) in [5.74, 6) is 0. The van der Waals surface area contributed by atoms with Gasteiger partial charge in [0.25, 0.3) is 0 Å². The van der Waals surface area contributed by atoms with E-state index in [4.69, 9.17) is 0 Å². The topological polar surface area (TPSA) is 24.9 Å². The summed E-state index contributed by atoms with van der Waals surface area (Å²) in [5.41, 5.74) is 2.25. The third kappa shape index (κ3) is 3.54. The monoisotopic (exact) mass is 310 g/mol. The first-order valence-corrected chi connectivity index (χ1v) is 7.43. The number of para-hydroxylation sites is 1. The van der Waals surface area contributed by atoms with E-state index in [1.165, 1.54) is 18.5 Å². The van der Waals surface area contributed by atoms with Gasteiger partial charge in [0.05, 0.1) is 11.4 Å². The van der Waals surface area contributed by atoms with Gasteiger partial charge in [-0.25, -0.2) is 4.98 Å². The SMILES string of the molecule is CCCCc1csc(Nc2ccccc2Br)n1. The third-order valence-electron chi connectivity index (χ3n) is 2.45. The molecule has 0 atom stereocenters. The molecule has 1 aromatic carbocycles. The average Bonchev–Trinajstić information content (AvgIpc) is 2.77. The van der Waals surface area contributed by atoms with Crippen molar-refractivity contribution in [1.82, 2.24) is 4.98 Å². The Morgan fingerprint density at radius 1 is 1.35 bits per heavy atom. The predicted molar refractivity (Wildman–Crippen MR) is 78.2 cm³/mol. The Hall–Kier alpha value is -0.870. The second kappa shape index (κ2) is 6.17. The molecule has 2 aromatic rings. The normalized spacial score (nSPS) is 10.5. The van der Waals surface area contributed by atoms with Gasteiger partial charge in [-0.15, -0.1) is 11.3 Å². The molecule has 0 amide bonds. The van der Waals surface area contributed by atoms with Crippen LogP contribution in [0.5, 0.6) is 0 Å². The van der Waals surface area contributed by atoms with Gasteiger partial charge in [-0.2, -0.15) is 0 Å². The first-order valence-electron chi connectivity index (χ1n) is 5.75. The number of rotatable bonds is 5. The number of thiazole rings is 1. The number of nitrogens with zero attached hydrogens (tertiary/aromatic N) is 1. The van der Waals surface area contributed by atoms with Crippen LogP contribution in [-0.4, -0.2) is 4.98 Å². The minimum absolute atomic E-state index is 0.961. The molecule has 2 nitrogen and oxygen atoms in total. The highest BCUT2D eigenvalue weighted by atomic mass is 79.9. The number of hydrogen-bond donors (Lipinski definition) is 1. The van der Waals surface area contributed by atoms with Crippen molar-refractivity contribution < 1.29 is 0 Å². The molecule has 0 fully saturated rings. The number of hydrogen-bond acceptors (Lipinski definition) is 3. The number of aryl methyl sites for hydroxylation is 1. The lowest BCUT2D eigenvalue weighted by Gasteiger charge is -2.04. The summed E-state index contributed by atoms with van der Waals surface area (Å²) >= 11 is 5.18. The fraction of sp³-hybridized carbons (Fsp3) is 0.308. The highest BCUT2D eigenvalue weighted by Gasteiger charge is 2.03. The molecule has 0 unspecified atom stereocenters. The van der Waals surface area contributed by atoms with Crippen molar-refractivity contribution in [1.29, 1.82) is 0 Å². The maximum absolute atomic E-state index is 4.57. The lowest BCUT2D eigenvalue weighted by Crippen LogP contribution is -1.91. The Morgan fingerprint density at radius 2 is 2.18 bits per heavy atom. The predicted octanol–water partition coefficient (Wildman–Crippen LogP) is 4.99. The highest BCUT2D eigenvalue weighted by molar-refractivity contribution is 9.10. The van der Waals surface area contributed by atoms with Crippen LogP contribution < -0.4 is 5.32 Å². The molecule has 90 valence electrons. The van der Waals surface area contributed by atoms with Crippen molar-refractivity contribution in [2.75, 3.05) is 5.32 Å². The zero-order chi connectivity index (χ0) is 12.1. The van der Waals surface area contributed by atoms with Crippen LogP contribution in [0.15, 0.2) is 34.1 Å². The zero-order valence-corrected chi connectivity index (χ0v) is 12.1. The van der Waals surface area contributed by atoms with Crippen LogP contribution in [-0.2, 0) is 6.42 Å². The average molecular weight is 311 g/mol. The first kappa shape index (κ1) is 12.6. The van der Waals surface area contributed by atoms with Crippen LogP contribution in [0.4, 0.5) is 10.8 Å². The molecule has 1 heterocycles. The Kier molecular flexibility index (Phi) is 4.57. The third-order valence-corrected chi connectivity index (χ3v) is 3.95. The van der Waals surface area contributed by atoms with Gasteiger partial charge in [-0.3, -0.25) is 0 Å². The molecule has 0 radical (unpaired) electrons. The zero-order valence-electron chi connectivity index (χ0n) is 9.74. The quantitative estimate of drug-likeness (QED) is 0.841. The van der Waals surface area contributed by atoms with Gasteiger partial charge in [0.2, 0.25) is 0 Å². The van der Waals surface area contributed by atoms with E-state index in [9.17, 15) is 0 Å². The summed E-state index contributed by atoms with van der Waals surface area (Å²) in [5, 5.41) is 6.42. The second-order valence-corrected chi connectivity index (χ2v) is 5.56. The molecule has 0 bridgehead atoms. The van der Waals surface area contributed by atoms with Crippen LogP contribution in [0.2, 0.25) is 0 Å². The number of anilines is 2. The van der Waals surface area contributed by atoms with Crippen molar-refractivity contribution >= 4 is 38.1 Å². The van der Waals surface area contributed by atoms with Crippen LogP contribution in [0, 0.1) is 0 Å². The lowest BCUT2D eigenvalue weighted by molar-refractivity contribution is 0.782. The van der Waals surface area contributed by atoms with E-state index in [0.29, 0.717) is 0 Å². The van der Waals surface area contributed by atoms with E-state index in [-0.39, 0.29) is 0 Å². The van der Waals surface area contributed by atoms with E-state index in [1.807, 2.05) is 24.3 Å². The maximum atomic E-state index is 4.57. The van der Waals surface area contributed by atoms with E-state index in [0.717, 1.165) is 21.7 Å².